The molecule has 0 bridgehead atoms. The molecule has 0 heterocycles. The lowest BCUT2D eigenvalue weighted by Crippen LogP contribution is -2.43. The van der Waals surface area contributed by atoms with Gasteiger partial charge in [-0.3, -0.25) is 5.32 Å². The van der Waals surface area contributed by atoms with E-state index in [2.05, 4.69) is 18.3 Å². The van der Waals surface area contributed by atoms with E-state index >= 15 is 0 Å². The number of benzene rings is 1. The fourth-order valence-corrected chi connectivity index (χ4v) is 3.07. The van der Waals surface area contributed by atoms with Gasteiger partial charge in [-0.15, -0.1) is 0 Å². The van der Waals surface area contributed by atoms with Gasteiger partial charge in [-0.2, -0.15) is 17.0 Å². The van der Waals surface area contributed by atoms with Gasteiger partial charge in [0.1, 0.15) is 5.54 Å². The SMILES string of the molecule is CCNC(C#N)(CSC(C)CCO)c1ccccc1. The van der Waals surface area contributed by atoms with Crippen molar-refractivity contribution in [3.63, 3.8) is 0 Å². The summed E-state index contributed by atoms with van der Waals surface area (Å²) in [6, 6.07) is 12.3. The molecule has 0 fully saturated rings. The van der Waals surface area contributed by atoms with E-state index in [9.17, 15) is 5.26 Å². The maximum Gasteiger partial charge on any atom is 0.141 e. The predicted octanol–water partition coefficient (Wildman–Crippen LogP) is 2.52. The Morgan fingerprint density at radius 2 is 2.11 bits per heavy atom. The van der Waals surface area contributed by atoms with Crippen molar-refractivity contribution in [2.75, 3.05) is 18.9 Å². The minimum Gasteiger partial charge on any atom is -0.396 e. The Kier molecular flexibility index (Phi) is 6.93. The van der Waals surface area contributed by atoms with Crippen LogP contribution in [0.3, 0.4) is 0 Å². The van der Waals surface area contributed by atoms with Gasteiger partial charge in [0.2, 0.25) is 0 Å². The number of thioether (sulfide) groups is 1. The Labute approximate surface area is 120 Å². The Hall–Kier alpha value is -1.02. The van der Waals surface area contributed by atoms with E-state index in [1.54, 1.807) is 11.8 Å². The summed E-state index contributed by atoms with van der Waals surface area (Å²) < 4.78 is 0. The summed E-state index contributed by atoms with van der Waals surface area (Å²) in [6.07, 6.45) is 0.757. The zero-order valence-electron chi connectivity index (χ0n) is 11.6. The molecule has 2 unspecified atom stereocenters. The standard InChI is InChI=1S/C15H22N2OS/c1-3-17-15(11-16,12-19-13(2)9-10-18)14-7-5-4-6-8-14/h4-8,13,17-18H,3,9-10,12H2,1-2H3. The van der Waals surface area contributed by atoms with Gasteiger partial charge in [-0.25, -0.2) is 0 Å². The number of rotatable bonds is 8. The van der Waals surface area contributed by atoms with Crippen molar-refractivity contribution in [3.8, 4) is 6.07 Å². The lowest BCUT2D eigenvalue weighted by Gasteiger charge is -2.29. The van der Waals surface area contributed by atoms with Crippen LogP contribution in [0.2, 0.25) is 0 Å². The maximum atomic E-state index is 9.63. The van der Waals surface area contributed by atoms with E-state index in [0.29, 0.717) is 11.0 Å². The van der Waals surface area contributed by atoms with E-state index in [-0.39, 0.29) is 6.61 Å². The summed E-state index contributed by atoms with van der Waals surface area (Å²) >= 11 is 1.72. The van der Waals surface area contributed by atoms with Crippen LogP contribution in [0, 0.1) is 11.3 Å². The highest BCUT2D eigenvalue weighted by molar-refractivity contribution is 7.99. The van der Waals surface area contributed by atoms with E-state index in [1.165, 1.54) is 0 Å². The third kappa shape index (κ3) is 4.54. The van der Waals surface area contributed by atoms with Crippen molar-refractivity contribution in [1.29, 1.82) is 5.26 Å². The highest BCUT2D eigenvalue weighted by atomic mass is 32.2. The smallest absolute Gasteiger partial charge is 0.141 e. The van der Waals surface area contributed by atoms with Crippen LogP contribution < -0.4 is 5.32 Å². The Balaban J connectivity index is 2.85. The first-order chi connectivity index (χ1) is 9.18. The number of hydrogen-bond acceptors (Lipinski definition) is 4. The first-order valence-corrected chi connectivity index (χ1v) is 7.67. The number of nitriles is 1. The van der Waals surface area contributed by atoms with Crippen LogP contribution in [-0.2, 0) is 5.54 Å². The third-order valence-corrected chi connectivity index (χ3v) is 4.46. The molecule has 0 aliphatic rings. The molecule has 1 rings (SSSR count). The zero-order valence-corrected chi connectivity index (χ0v) is 12.4. The van der Waals surface area contributed by atoms with Gasteiger partial charge in [0.25, 0.3) is 0 Å². The van der Waals surface area contributed by atoms with Gasteiger partial charge in [-0.1, -0.05) is 44.2 Å². The molecule has 4 heteroatoms. The van der Waals surface area contributed by atoms with Crippen LogP contribution in [0.4, 0.5) is 0 Å². The Morgan fingerprint density at radius 3 is 2.63 bits per heavy atom. The van der Waals surface area contributed by atoms with Crippen molar-refractivity contribution in [1.82, 2.24) is 5.32 Å². The summed E-state index contributed by atoms with van der Waals surface area (Å²) in [7, 11) is 0. The van der Waals surface area contributed by atoms with Gasteiger partial charge >= 0.3 is 0 Å². The highest BCUT2D eigenvalue weighted by Crippen LogP contribution is 2.28. The molecule has 2 atom stereocenters. The van der Waals surface area contributed by atoms with Gasteiger partial charge in [0.05, 0.1) is 6.07 Å². The number of aliphatic hydroxyl groups excluding tert-OH is 1. The molecule has 1 aromatic carbocycles. The first kappa shape index (κ1) is 16.0. The minimum atomic E-state index is -0.648. The minimum absolute atomic E-state index is 0.195. The van der Waals surface area contributed by atoms with E-state index in [1.807, 2.05) is 37.3 Å². The van der Waals surface area contributed by atoms with E-state index in [4.69, 9.17) is 5.11 Å². The van der Waals surface area contributed by atoms with Gasteiger partial charge in [-0.05, 0) is 18.5 Å². The summed E-state index contributed by atoms with van der Waals surface area (Å²) in [5, 5.41) is 22.2. The van der Waals surface area contributed by atoms with Crippen molar-refractivity contribution in [2.24, 2.45) is 0 Å². The summed E-state index contributed by atoms with van der Waals surface area (Å²) in [5.41, 5.74) is 0.354. The normalized spacial score (nSPS) is 15.5. The van der Waals surface area contributed by atoms with Crippen LogP contribution in [0.15, 0.2) is 30.3 Å². The number of hydrogen-bond donors (Lipinski definition) is 2. The second-order valence-corrected chi connectivity index (χ2v) is 5.97. The summed E-state index contributed by atoms with van der Waals surface area (Å²) in [4.78, 5) is 0. The van der Waals surface area contributed by atoms with Crippen molar-refractivity contribution in [3.05, 3.63) is 35.9 Å². The molecule has 19 heavy (non-hydrogen) atoms. The van der Waals surface area contributed by atoms with Crippen LogP contribution >= 0.6 is 11.8 Å². The molecule has 0 aliphatic carbocycles. The molecule has 0 aromatic heterocycles. The lowest BCUT2D eigenvalue weighted by molar-refractivity contribution is 0.288. The molecular weight excluding hydrogens is 256 g/mol. The summed E-state index contributed by atoms with van der Waals surface area (Å²) in [6.45, 7) is 5.04. The van der Waals surface area contributed by atoms with Gasteiger partial charge in [0.15, 0.2) is 0 Å². The molecule has 0 aliphatic heterocycles. The van der Waals surface area contributed by atoms with Crippen LogP contribution in [-0.4, -0.2) is 29.3 Å². The second kappa shape index (κ2) is 8.21. The van der Waals surface area contributed by atoms with Crippen molar-refractivity contribution >= 4 is 11.8 Å². The van der Waals surface area contributed by atoms with Crippen molar-refractivity contribution < 1.29 is 5.11 Å². The molecule has 2 N–H and O–H groups in total. The molecule has 0 saturated heterocycles. The Bertz CT molecular complexity index is 404. The highest BCUT2D eigenvalue weighted by Gasteiger charge is 2.31. The van der Waals surface area contributed by atoms with Crippen LogP contribution in [0.1, 0.15) is 25.8 Å². The zero-order chi connectivity index (χ0) is 14.1. The van der Waals surface area contributed by atoms with E-state index < -0.39 is 5.54 Å². The summed E-state index contributed by atoms with van der Waals surface area (Å²) in [5.74, 6) is 0.683. The van der Waals surface area contributed by atoms with E-state index in [0.717, 1.165) is 18.5 Å². The average molecular weight is 278 g/mol. The topological polar surface area (TPSA) is 56.0 Å². The van der Waals surface area contributed by atoms with Crippen LogP contribution in [0.5, 0.6) is 0 Å². The average Bonchev–Trinajstić information content (AvgIpc) is 2.45. The molecule has 0 saturated carbocycles. The van der Waals surface area contributed by atoms with Crippen LogP contribution in [0.25, 0.3) is 0 Å². The largest absolute Gasteiger partial charge is 0.396 e. The molecule has 1 aromatic rings. The number of nitrogens with one attached hydrogen (secondary N) is 1. The molecule has 104 valence electrons. The molecular formula is C15H22N2OS. The predicted molar refractivity (Wildman–Crippen MR) is 81.0 cm³/mol. The monoisotopic (exact) mass is 278 g/mol. The molecule has 0 amide bonds. The Morgan fingerprint density at radius 1 is 1.42 bits per heavy atom. The fraction of sp³-hybridized carbons (Fsp3) is 0.533. The quantitative estimate of drug-likeness (QED) is 0.767. The van der Waals surface area contributed by atoms with Gasteiger partial charge in [0, 0.05) is 17.6 Å². The fourth-order valence-electron chi connectivity index (χ4n) is 1.93. The van der Waals surface area contributed by atoms with Gasteiger partial charge < -0.3 is 5.11 Å². The van der Waals surface area contributed by atoms with Crippen molar-refractivity contribution in [2.45, 2.75) is 31.1 Å². The number of nitrogens with zero attached hydrogens (tertiary/aromatic N) is 1. The second-order valence-electron chi connectivity index (χ2n) is 4.55. The third-order valence-electron chi connectivity index (χ3n) is 3.06. The first-order valence-electron chi connectivity index (χ1n) is 6.62. The molecule has 3 nitrogen and oxygen atoms in total. The lowest BCUT2D eigenvalue weighted by atomic mass is 9.93. The number of aliphatic hydroxyl groups is 1. The maximum absolute atomic E-state index is 9.63. The molecule has 0 radical (unpaired) electrons. The molecule has 0 spiro atoms.